The van der Waals surface area contributed by atoms with Gasteiger partial charge in [-0.05, 0) is 13.3 Å². The molecule has 0 spiro atoms. The first-order valence-electron chi connectivity index (χ1n) is 4.28. The fourth-order valence-corrected chi connectivity index (χ4v) is 0.689. The molecule has 2 N–H and O–H groups in total. The summed E-state index contributed by atoms with van der Waals surface area (Å²) in [5.41, 5.74) is 0.435. The van der Waals surface area contributed by atoms with Gasteiger partial charge in [0.15, 0.2) is 0 Å². The molecule has 0 aromatic carbocycles. The third-order valence-electron chi connectivity index (χ3n) is 1.40. The van der Waals surface area contributed by atoms with Crippen molar-refractivity contribution in [3.63, 3.8) is 0 Å². The SMILES string of the molecule is C=C(C)C(=O)NCNC(=O)CCC. The van der Waals surface area contributed by atoms with Gasteiger partial charge >= 0.3 is 0 Å². The number of hydrogen-bond donors (Lipinski definition) is 2. The maximum Gasteiger partial charge on any atom is 0.247 e. The van der Waals surface area contributed by atoms with Gasteiger partial charge in [-0.15, -0.1) is 0 Å². The van der Waals surface area contributed by atoms with Gasteiger partial charge in [0.1, 0.15) is 0 Å². The molecular weight excluding hydrogens is 168 g/mol. The summed E-state index contributed by atoms with van der Waals surface area (Å²) in [6.07, 6.45) is 1.29. The van der Waals surface area contributed by atoms with Crippen LogP contribution in [0.2, 0.25) is 0 Å². The van der Waals surface area contributed by atoms with Crippen LogP contribution in [-0.2, 0) is 9.59 Å². The molecule has 0 rings (SSSR count). The molecule has 74 valence electrons. The van der Waals surface area contributed by atoms with E-state index in [0.717, 1.165) is 6.42 Å². The van der Waals surface area contributed by atoms with E-state index in [1.165, 1.54) is 0 Å². The largest absolute Gasteiger partial charge is 0.339 e. The van der Waals surface area contributed by atoms with Crippen LogP contribution in [0, 0.1) is 0 Å². The highest BCUT2D eigenvalue weighted by Gasteiger charge is 2.01. The quantitative estimate of drug-likeness (QED) is 0.484. The third-order valence-corrected chi connectivity index (χ3v) is 1.40. The number of nitrogens with one attached hydrogen (secondary N) is 2. The lowest BCUT2D eigenvalue weighted by molar-refractivity contribution is -0.121. The lowest BCUT2D eigenvalue weighted by atomic mass is 10.3. The maximum atomic E-state index is 10.9. The Labute approximate surface area is 78.4 Å². The molecule has 13 heavy (non-hydrogen) atoms. The zero-order chi connectivity index (χ0) is 10.3. The Hall–Kier alpha value is -1.32. The molecule has 0 aliphatic rings. The minimum absolute atomic E-state index is 0.0514. The molecule has 0 fully saturated rings. The molecule has 0 heterocycles. The molecule has 0 saturated carbocycles. The Kier molecular flexibility index (Phi) is 5.59. The molecule has 0 saturated heterocycles. The first-order valence-corrected chi connectivity index (χ1v) is 4.28. The van der Waals surface area contributed by atoms with Crippen LogP contribution >= 0.6 is 0 Å². The van der Waals surface area contributed by atoms with E-state index in [2.05, 4.69) is 17.2 Å². The van der Waals surface area contributed by atoms with Crippen LogP contribution in [0.5, 0.6) is 0 Å². The number of carbonyl (C=O) groups excluding carboxylic acids is 2. The van der Waals surface area contributed by atoms with Crippen LogP contribution < -0.4 is 10.6 Å². The number of amides is 2. The predicted octanol–water partition coefficient (Wildman–Crippen LogP) is 0.552. The van der Waals surface area contributed by atoms with Crippen molar-refractivity contribution < 1.29 is 9.59 Å². The molecule has 2 amide bonds. The van der Waals surface area contributed by atoms with Crippen molar-refractivity contribution in [3.8, 4) is 0 Å². The molecule has 0 bridgehead atoms. The van der Waals surface area contributed by atoms with E-state index in [1.54, 1.807) is 6.92 Å². The summed E-state index contributed by atoms with van der Waals surface area (Å²) in [6, 6.07) is 0. The molecule has 0 aromatic rings. The van der Waals surface area contributed by atoms with Crippen molar-refractivity contribution in [3.05, 3.63) is 12.2 Å². The van der Waals surface area contributed by atoms with Crippen molar-refractivity contribution in [1.29, 1.82) is 0 Å². The van der Waals surface area contributed by atoms with Crippen molar-refractivity contribution in [2.24, 2.45) is 0 Å². The summed E-state index contributed by atoms with van der Waals surface area (Å²) in [5.74, 6) is -0.290. The minimum atomic E-state index is -0.239. The average Bonchev–Trinajstić information content (AvgIpc) is 2.04. The van der Waals surface area contributed by atoms with Crippen LogP contribution in [0.3, 0.4) is 0 Å². The smallest absolute Gasteiger partial charge is 0.247 e. The monoisotopic (exact) mass is 184 g/mol. The molecule has 0 atom stereocenters. The second-order valence-corrected chi connectivity index (χ2v) is 2.81. The standard InChI is InChI=1S/C9H16N2O2/c1-4-5-8(12)10-6-11-9(13)7(2)3/h2,4-6H2,1,3H3,(H,10,12)(H,11,13). The van der Waals surface area contributed by atoms with E-state index in [9.17, 15) is 9.59 Å². The molecule has 0 radical (unpaired) electrons. The Morgan fingerprint density at radius 2 is 1.92 bits per heavy atom. The van der Waals surface area contributed by atoms with Gasteiger partial charge in [0.05, 0.1) is 6.67 Å². The maximum absolute atomic E-state index is 10.9. The van der Waals surface area contributed by atoms with E-state index in [4.69, 9.17) is 0 Å². The van der Waals surface area contributed by atoms with Crippen LogP contribution in [0.1, 0.15) is 26.7 Å². The molecule has 0 unspecified atom stereocenters. The van der Waals surface area contributed by atoms with Crippen molar-refractivity contribution >= 4 is 11.8 Å². The van der Waals surface area contributed by atoms with Gasteiger partial charge in [-0.2, -0.15) is 0 Å². The van der Waals surface area contributed by atoms with Gasteiger partial charge in [-0.25, -0.2) is 0 Å². The van der Waals surface area contributed by atoms with E-state index in [1.807, 2.05) is 6.92 Å². The minimum Gasteiger partial charge on any atom is -0.339 e. The van der Waals surface area contributed by atoms with Crippen LogP contribution in [-0.4, -0.2) is 18.5 Å². The molecule has 4 nitrogen and oxygen atoms in total. The summed E-state index contributed by atoms with van der Waals surface area (Å²) in [6.45, 7) is 7.17. The van der Waals surface area contributed by atoms with E-state index in [0.29, 0.717) is 12.0 Å². The zero-order valence-corrected chi connectivity index (χ0v) is 8.14. The fourth-order valence-electron chi connectivity index (χ4n) is 0.689. The molecule has 0 aliphatic heterocycles. The summed E-state index contributed by atoms with van der Waals surface area (Å²) >= 11 is 0. The Morgan fingerprint density at radius 3 is 2.38 bits per heavy atom. The summed E-state index contributed by atoms with van der Waals surface area (Å²) in [4.78, 5) is 21.8. The van der Waals surface area contributed by atoms with E-state index in [-0.39, 0.29) is 18.5 Å². The fraction of sp³-hybridized carbons (Fsp3) is 0.556. The second-order valence-electron chi connectivity index (χ2n) is 2.81. The lowest BCUT2D eigenvalue weighted by Gasteiger charge is -2.05. The summed E-state index contributed by atoms with van der Waals surface area (Å²) in [5, 5.41) is 5.06. The molecular formula is C9H16N2O2. The summed E-state index contributed by atoms with van der Waals surface area (Å²) in [7, 11) is 0. The Balaban J connectivity index is 3.50. The topological polar surface area (TPSA) is 58.2 Å². The first-order chi connectivity index (χ1) is 6.07. The normalized spacial score (nSPS) is 9.08. The molecule has 0 aliphatic carbocycles. The van der Waals surface area contributed by atoms with Crippen LogP contribution in [0.25, 0.3) is 0 Å². The van der Waals surface area contributed by atoms with Gasteiger partial charge in [0.2, 0.25) is 11.8 Å². The van der Waals surface area contributed by atoms with Gasteiger partial charge in [-0.1, -0.05) is 13.5 Å². The number of rotatable bonds is 5. The van der Waals surface area contributed by atoms with Gasteiger partial charge in [0, 0.05) is 12.0 Å². The first kappa shape index (κ1) is 11.7. The lowest BCUT2D eigenvalue weighted by Crippen LogP contribution is -2.37. The van der Waals surface area contributed by atoms with Gasteiger partial charge in [-0.3, -0.25) is 9.59 Å². The highest BCUT2D eigenvalue weighted by atomic mass is 16.2. The second kappa shape index (κ2) is 6.22. The van der Waals surface area contributed by atoms with Crippen molar-refractivity contribution in [1.82, 2.24) is 10.6 Å². The van der Waals surface area contributed by atoms with Crippen LogP contribution in [0.15, 0.2) is 12.2 Å². The number of carbonyl (C=O) groups is 2. The Morgan fingerprint density at radius 1 is 1.31 bits per heavy atom. The Bertz CT molecular complexity index is 212. The highest BCUT2D eigenvalue weighted by Crippen LogP contribution is 1.85. The van der Waals surface area contributed by atoms with Crippen LogP contribution in [0.4, 0.5) is 0 Å². The highest BCUT2D eigenvalue weighted by molar-refractivity contribution is 5.92. The van der Waals surface area contributed by atoms with E-state index >= 15 is 0 Å². The average molecular weight is 184 g/mol. The predicted molar refractivity (Wildman–Crippen MR) is 50.9 cm³/mol. The van der Waals surface area contributed by atoms with Crippen molar-refractivity contribution in [2.45, 2.75) is 26.7 Å². The summed E-state index contributed by atoms with van der Waals surface area (Å²) < 4.78 is 0. The zero-order valence-electron chi connectivity index (χ0n) is 8.14. The number of hydrogen-bond acceptors (Lipinski definition) is 2. The van der Waals surface area contributed by atoms with Gasteiger partial charge < -0.3 is 10.6 Å². The van der Waals surface area contributed by atoms with E-state index < -0.39 is 0 Å². The molecule has 4 heteroatoms. The third kappa shape index (κ3) is 5.90. The van der Waals surface area contributed by atoms with Gasteiger partial charge in [0.25, 0.3) is 0 Å². The van der Waals surface area contributed by atoms with Crippen molar-refractivity contribution in [2.75, 3.05) is 6.67 Å². The molecule has 0 aromatic heterocycles.